The summed E-state index contributed by atoms with van der Waals surface area (Å²) < 4.78 is 0. The lowest BCUT2D eigenvalue weighted by Crippen LogP contribution is -2.51. The molecule has 1 aromatic heterocycles. The molecule has 0 atom stereocenters. The van der Waals surface area contributed by atoms with Crippen molar-refractivity contribution in [1.82, 2.24) is 9.97 Å². The van der Waals surface area contributed by atoms with E-state index in [-0.39, 0.29) is 6.10 Å². The molecule has 1 aliphatic heterocycles. The standard InChI is InChI=1S/C9H14N4O/c1-5-8(10)11-6(2)12-9(5)13-3-7(14)4-13/h7,14H,3-4H2,1-2H3,(H2,10,11,12). The van der Waals surface area contributed by atoms with Crippen LogP contribution in [0.1, 0.15) is 11.4 Å². The smallest absolute Gasteiger partial charge is 0.137 e. The highest BCUT2D eigenvalue weighted by molar-refractivity contribution is 5.57. The van der Waals surface area contributed by atoms with Crippen molar-refractivity contribution in [1.29, 1.82) is 0 Å². The summed E-state index contributed by atoms with van der Waals surface area (Å²) in [6.07, 6.45) is -0.231. The van der Waals surface area contributed by atoms with E-state index in [1.165, 1.54) is 0 Å². The van der Waals surface area contributed by atoms with Crippen molar-refractivity contribution in [2.24, 2.45) is 0 Å². The van der Waals surface area contributed by atoms with Gasteiger partial charge in [0.2, 0.25) is 0 Å². The average Bonchev–Trinajstić information content (AvgIpc) is 2.06. The molecule has 14 heavy (non-hydrogen) atoms. The molecule has 3 N–H and O–H groups in total. The molecular formula is C9H14N4O. The van der Waals surface area contributed by atoms with Crippen LogP contribution < -0.4 is 10.6 Å². The largest absolute Gasteiger partial charge is 0.389 e. The summed E-state index contributed by atoms with van der Waals surface area (Å²) in [4.78, 5) is 10.4. The number of nitrogen functional groups attached to an aromatic ring is 1. The molecule has 0 bridgehead atoms. The Kier molecular flexibility index (Phi) is 2.03. The number of aliphatic hydroxyl groups excluding tert-OH is 1. The Bertz CT molecular complexity index is 360. The maximum Gasteiger partial charge on any atom is 0.137 e. The van der Waals surface area contributed by atoms with Gasteiger partial charge in [0.15, 0.2) is 0 Å². The fraction of sp³-hybridized carbons (Fsp3) is 0.556. The van der Waals surface area contributed by atoms with Crippen molar-refractivity contribution >= 4 is 11.6 Å². The number of rotatable bonds is 1. The summed E-state index contributed by atoms with van der Waals surface area (Å²) in [7, 11) is 0. The van der Waals surface area contributed by atoms with E-state index in [2.05, 4.69) is 9.97 Å². The number of aliphatic hydroxyl groups is 1. The Morgan fingerprint density at radius 2 is 2.00 bits per heavy atom. The molecule has 5 heteroatoms. The first-order valence-corrected chi connectivity index (χ1v) is 4.61. The number of aromatic nitrogens is 2. The van der Waals surface area contributed by atoms with Crippen LogP contribution in [0.15, 0.2) is 0 Å². The fourth-order valence-corrected chi connectivity index (χ4v) is 1.57. The van der Waals surface area contributed by atoms with E-state index < -0.39 is 0 Å². The second-order valence-corrected chi connectivity index (χ2v) is 3.66. The second-order valence-electron chi connectivity index (χ2n) is 3.66. The SMILES string of the molecule is Cc1nc(N)c(C)c(N2CC(O)C2)n1. The van der Waals surface area contributed by atoms with Gasteiger partial charge in [0.05, 0.1) is 6.10 Å². The van der Waals surface area contributed by atoms with Gasteiger partial charge < -0.3 is 15.7 Å². The average molecular weight is 194 g/mol. The minimum absolute atomic E-state index is 0.231. The highest BCUT2D eigenvalue weighted by Crippen LogP contribution is 2.25. The lowest BCUT2D eigenvalue weighted by Gasteiger charge is -2.37. The molecule has 0 amide bonds. The zero-order chi connectivity index (χ0) is 10.3. The summed E-state index contributed by atoms with van der Waals surface area (Å²) >= 11 is 0. The Balaban J connectivity index is 2.33. The van der Waals surface area contributed by atoms with Crippen LogP contribution in [0, 0.1) is 13.8 Å². The number of aryl methyl sites for hydroxylation is 1. The van der Waals surface area contributed by atoms with Gasteiger partial charge in [0, 0.05) is 18.7 Å². The second kappa shape index (κ2) is 3.09. The molecule has 1 fully saturated rings. The van der Waals surface area contributed by atoms with Crippen LogP contribution in [0.3, 0.4) is 0 Å². The predicted octanol–water partition coefficient (Wildman–Crippen LogP) is -0.143. The summed E-state index contributed by atoms with van der Waals surface area (Å²) in [5.41, 5.74) is 6.62. The molecule has 1 aromatic rings. The number of anilines is 2. The minimum Gasteiger partial charge on any atom is -0.389 e. The van der Waals surface area contributed by atoms with Crippen molar-refractivity contribution in [3.05, 3.63) is 11.4 Å². The topological polar surface area (TPSA) is 75.3 Å². The molecule has 0 radical (unpaired) electrons. The Labute approximate surface area is 82.6 Å². The van der Waals surface area contributed by atoms with Gasteiger partial charge in [0.25, 0.3) is 0 Å². The molecule has 1 aliphatic rings. The van der Waals surface area contributed by atoms with E-state index >= 15 is 0 Å². The van der Waals surface area contributed by atoms with Crippen LogP contribution in [0.4, 0.5) is 11.6 Å². The van der Waals surface area contributed by atoms with E-state index in [0.717, 1.165) is 11.4 Å². The third-order valence-corrected chi connectivity index (χ3v) is 2.43. The number of nitrogens with two attached hydrogens (primary N) is 1. The van der Waals surface area contributed by atoms with Crippen molar-refractivity contribution in [2.75, 3.05) is 23.7 Å². The van der Waals surface area contributed by atoms with Crippen LogP contribution in [-0.4, -0.2) is 34.3 Å². The van der Waals surface area contributed by atoms with Crippen LogP contribution in [0.5, 0.6) is 0 Å². The zero-order valence-electron chi connectivity index (χ0n) is 8.36. The van der Waals surface area contributed by atoms with Gasteiger partial charge in [-0.2, -0.15) is 0 Å². The Hall–Kier alpha value is -1.36. The predicted molar refractivity (Wildman–Crippen MR) is 54.1 cm³/mol. The fourth-order valence-electron chi connectivity index (χ4n) is 1.57. The number of β-amino-alcohol motifs (C(OH)–C–C–N with tert-alkyl or cyclic N) is 1. The molecule has 2 heterocycles. The number of hydrogen-bond donors (Lipinski definition) is 2. The molecule has 0 saturated carbocycles. The van der Waals surface area contributed by atoms with E-state index in [4.69, 9.17) is 5.73 Å². The monoisotopic (exact) mass is 194 g/mol. The maximum atomic E-state index is 9.19. The number of nitrogens with zero attached hydrogens (tertiary/aromatic N) is 3. The van der Waals surface area contributed by atoms with Crippen LogP contribution in [0.2, 0.25) is 0 Å². The molecule has 0 aliphatic carbocycles. The maximum absolute atomic E-state index is 9.19. The molecule has 2 rings (SSSR count). The quantitative estimate of drug-likeness (QED) is 0.650. The van der Waals surface area contributed by atoms with Gasteiger partial charge in [-0.05, 0) is 13.8 Å². The summed E-state index contributed by atoms with van der Waals surface area (Å²) in [5.74, 6) is 2.04. The molecule has 5 nitrogen and oxygen atoms in total. The van der Waals surface area contributed by atoms with E-state index in [1.54, 1.807) is 0 Å². The highest BCUT2D eigenvalue weighted by atomic mass is 16.3. The third-order valence-electron chi connectivity index (χ3n) is 2.43. The highest BCUT2D eigenvalue weighted by Gasteiger charge is 2.27. The van der Waals surface area contributed by atoms with Crippen molar-refractivity contribution in [3.8, 4) is 0 Å². The molecule has 0 spiro atoms. The van der Waals surface area contributed by atoms with E-state index in [9.17, 15) is 5.11 Å². The lowest BCUT2D eigenvalue weighted by atomic mass is 10.1. The normalized spacial score (nSPS) is 16.9. The first kappa shape index (κ1) is 9.21. The van der Waals surface area contributed by atoms with Gasteiger partial charge in [-0.15, -0.1) is 0 Å². The molecular weight excluding hydrogens is 180 g/mol. The van der Waals surface area contributed by atoms with E-state index in [0.29, 0.717) is 24.7 Å². The zero-order valence-corrected chi connectivity index (χ0v) is 8.36. The summed E-state index contributed by atoms with van der Waals surface area (Å²) in [6, 6.07) is 0. The van der Waals surface area contributed by atoms with Gasteiger partial charge in [-0.25, -0.2) is 9.97 Å². The van der Waals surface area contributed by atoms with Crippen LogP contribution >= 0.6 is 0 Å². The lowest BCUT2D eigenvalue weighted by molar-refractivity contribution is 0.141. The van der Waals surface area contributed by atoms with Gasteiger partial charge in [-0.1, -0.05) is 0 Å². The van der Waals surface area contributed by atoms with E-state index in [1.807, 2.05) is 18.7 Å². The van der Waals surface area contributed by atoms with Gasteiger partial charge in [0.1, 0.15) is 17.5 Å². The van der Waals surface area contributed by atoms with Crippen LogP contribution in [-0.2, 0) is 0 Å². The Morgan fingerprint density at radius 3 is 2.57 bits per heavy atom. The van der Waals surface area contributed by atoms with Crippen molar-refractivity contribution in [2.45, 2.75) is 20.0 Å². The number of hydrogen-bond acceptors (Lipinski definition) is 5. The first-order chi connectivity index (χ1) is 6.58. The third kappa shape index (κ3) is 1.39. The van der Waals surface area contributed by atoms with Crippen LogP contribution in [0.25, 0.3) is 0 Å². The minimum atomic E-state index is -0.231. The first-order valence-electron chi connectivity index (χ1n) is 4.61. The van der Waals surface area contributed by atoms with Crippen molar-refractivity contribution < 1.29 is 5.11 Å². The molecule has 0 aromatic carbocycles. The van der Waals surface area contributed by atoms with Crippen molar-refractivity contribution in [3.63, 3.8) is 0 Å². The Morgan fingerprint density at radius 1 is 1.36 bits per heavy atom. The molecule has 0 unspecified atom stereocenters. The summed E-state index contributed by atoms with van der Waals surface area (Å²) in [6.45, 7) is 4.98. The summed E-state index contributed by atoms with van der Waals surface area (Å²) in [5, 5.41) is 9.19. The van der Waals surface area contributed by atoms with Gasteiger partial charge in [-0.3, -0.25) is 0 Å². The van der Waals surface area contributed by atoms with Gasteiger partial charge >= 0.3 is 0 Å². The molecule has 76 valence electrons. The molecule has 1 saturated heterocycles.